The Balaban J connectivity index is 1.47. The number of fused-ring (bicyclic) bond motifs is 1. The molecule has 2 heterocycles. The Morgan fingerprint density at radius 2 is 1.94 bits per heavy atom. The van der Waals surface area contributed by atoms with E-state index < -0.39 is 5.97 Å². The number of aromatic nitrogens is 2. The monoisotopic (exact) mass is 524 g/mol. The Bertz CT molecular complexity index is 1340. The van der Waals surface area contributed by atoms with E-state index in [9.17, 15) is 4.79 Å². The fourth-order valence-electron chi connectivity index (χ4n) is 3.00. The molecule has 2 aromatic carbocycles. The van der Waals surface area contributed by atoms with Crippen molar-refractivity contribution in [3.63, 3.8) is 0 Å². The third-order valence-electron chi connectivity index (χ3n) is 4.50. The number of ether oxygens (including phenoxy) is 1. The van der Waals surface area contributed by atoms with Gasteiger partial charge in [-0.1, -0.05) is 53.0 Å². The third-order valence-corrected chi connectivity index (χ3v) is 6.98. The molecule has 0 spiro atoms. The highest BCUT2D eigenvalue weighted by Gasteiger charge is 2.18. The summed E-state index contributed by atoms with van der Waals surface area (Å²) < 4.78 is 7.28. The van der Waals surface area contributed by atoms with Crippen LogP contribution < -0.4 is 10.6 Å². The molecule has 0 unspecified atom stereocenters. The summed E-state index contributed by atoms with van der Waals surface area (Å²) in [6.45, 7) is 0.472. The number of rotatable bonds is 5. The second-order valence-corrected chi connectivity index (χ2v) is 9.29. The SMILES string of the molecule is COC(=O)c1sc2cc(NC(=S)Nc3nn(Cc4ccccc4Cl)cc3Cl)ccc2c1Cl. The van der Waals surface area contributed by atoms with E-state index in [4.69, 9.17) is 51.8 Å². The fourth-order valence-corrected chi connectivity index (χ4v) is 5.07. The van der Waals surface area contributed by atoms with Crippen molar-refractivity contribution >= 4 is 91.0 Å². The quantitative estimate of drug-likeness (QED) is 0.223. The first-order chi connectivity index (χ1) is 15.4. The van der Waals surface area contributed by atoms with Crippen molar-refractivity contribution in [1.29, 1.82) is 0 Å². The van der Waals surface area contributed by atoms with Crippen LogP contribution in [0.1, 0.15) is 15.2 Å². The highest BCUT2D eigenvalue weighted by Crippen LogP contribution is 2.37. The summed E-state index contributed by atoms with van der Waals surface area (Å²) in [6.07, 6.45) is 1.70. The van der Waals surface area contributed by atoms with Gasteiger partial charge in [-0.05, 0) is 42.0 Å². The fraction of sp³-hybridized carbons (Fsp3) is 0.0952. The molecule has 0 saturated carbocycles. The van der Waals surface area contributed by atoms with Gasteiger partial charge in [-0.15, -0.1) is 11.3 Å². The van der Waals surface area contributed by atoms with Crippen LogP contribution in [0.5, 0.6) is 0 Å². The number of carbonyl (C=O) groups is 1. The van der Waals surface area contributed by atoms with E-state index in [1.807, 2.05) is 42.5 Å². The number of esters is 1. The predicted octanol–water partition coefficient (Wildman–Crippen LogP) is 6.70. The van der Waals surface area contributed by atoms with Gasteiger partial charge in [-0.3, -0.25) is 4.68 Å². The van der Waals surface area contributed by atoms with Crippen molar-refractivity contribution in [3.8, 4) is 0 Å². The lowest BCUT2D eigenvalue weighted by molar-refractivity contribution is 0.0606. The van der Waals surface area contributed by atoms with Gasteiger partial charge >= 0.3 is 5.97 Å². The van der Waals surface area contributed by atoms with Gasteiger partial charge < -0.3 is 15.4 Å². The number of nitrogens with one attached hydrogen (secondary N) is 2. The van der Waals surface area contributed by atoms with Gasteiger partial charge in [-0.2, -0.15) is 5.10 Å². The average molecular weight is 526 g/mol. The summed E-state index contributed by atoms with van der Waals surface area (Å²) in [4.78, 5) is 12.2. The van der Waals surface area contributed by atoms with Crippen molar-refractivity contribution in [1.82, 2.24) is 9.78 Å². The molecular formula is C21H15Cl3N4O2S2. The van der Waals surface area contributed by atoms with Crippen molar-refractivity contribution in [2.75, 3.05) is 17.7 Å². The molecule has 0 atom stereocenters. The number of carbonyl (C=O) groups excluding carboxylic acids is 1. The molecule has 0 bridgehead atoms. The Morgan fingerprint density at radius 3 is 2.69 bits per heavy atom. The lowest BCUT2D eigenvalue weighted by atomic mass is 10.2. The van der Waals surface area contributed by atoms with Crippen LogP contribution >= 0.6 is 58.4 Å². The molecule has 0 fully saturated rings. The summed E-state index contributed by atoms with van der Waals surface area (Å²) in [5, 5.41) is 13.1. The molecule has 0 aliphatic rings. The van der Waals surface area contributed by atoms with E-state index in [0.29, 0.717) is 37.4 Å². The molecule has 0 aliphatic heterocycles. The molecule has 6 nitrogen and oxygen atoms in total. The summed E-state index contributed by atoms with van der Waals surface area (Å²) in [6, 6.07) is 13.0. The number of anilines is 2. The molecule has 0 radical (unpaired) electrons. The van der Waals surface area contributed by atoms with Gasteiger partial charge in [0.1, 0.15) is 9.90 Å². The van der Waals surface area contributed by atoms with E-state index in [0.717, 1.165) is 21.3 Å². The van der Waals surface area contributed by atoms with E-state index in [-0.39, 0.29) is 0 Å². The van der Waals surface area contributed by atoms with Crippen LogP contribution in [0.2, 0.25) is 15.1 Å². The maximum atomic E-state index is 11.9. The Labute approximate surface area is 208 Å². The van der Waals surface area contributed by atoms with Gasteiger partial charge in [0, 0.05) is 27.0 Å². The summed E-state index contributed by atoms with van der Waals surface area (Å²) >= 11 is 25.5. The molecule has 32 heavy (non-hydrogen) atoms. The van der Waals surface area contributed by atoms with Gasteiger partial charge in [-0.25, -0.2) is 4.79 Å². The van der Waals surface area contributed by atoms with Gasteiger partial charge in [0.25, 0.3) is 0 Å². The zero-order chi connectivity index (χ0) is 22.8. The Kier molecular flexibility index (Phi) is 6.88. The highest BCUT2D eigenvalue weighted by atomic mass is 35.5. The molecule has 2 aromatic heterocycles. The van der Waals surface area contributed by atoms with E-state index in [1.54, 1.807) is 10.9 Å². The van der Waals surface area contributed by atoms with Gasteiger partial charge in [0.05, 0.1) is 18.7 Å². The first-order valence-electron chi connectivity index (χ1n) is 9.20. The minimum atomic E-state index is -0.468. The number of hydrogen-bond donors (Lipinski definition) is 2. The van der Waals surface area contributed by atoms with Crippen molar-refractivity contribution < 1.29 is 9.53 Å². The first kappa shape index (κ1) is 22.8. The first-order valence-corrected chi connectivity index (χ1v) is 11.6. The number of methoxy groups -OCH3 is 1. The van der Waals surface area contributed by atoms with Crippen LogP contribution in [0.25, 0.3) is 10.1 Å². The minimum Gasteiger partial charge on any atom is -0.465 e. The number of halogens is 3. The number of benzene rings is 2. The van der Waals surface area contributed by atoms with Crippen LogP contribution in [-0.2, 0) is 11.3 Å². The molecule has 0 saturated heterocycles. The number of hydrogen-bond acceptors (Lipinski definition) is 5. The Hall–Kier alpha value is -2.36. The van der Waals surface area contributed by atoms with Gasteiger partial charge in [0.2, 0.25) is 0 Å². The van der Waals surface area contributed by atoms with Crippen LogP contribution in [-0.4, -0.2) is 28.0 Å². The minimum absolute atomic E-state index is 0.310. The third kappa shape index (κ3) is 4.84. The zero-order valence-electron chi connectivity index (χ0n) is 16.5. The highest BCUT2D eigenvalue weighted by molar-refractivity contribution is 7.80. The molecule has 164 valence electrons. The number of nitrogens with zero attached hydrogens (tertiary/aromatic N) is 2. The van der Waals surface area contributed by atoms with Crippen LogP contribution in [0.4, 0.5) is 11.5 Å². The molecule has 0 aliphatic carbocycles. The largest absolute Gasteiger partial charge is 0.465 e. The summed E-state index contributed by atoms with van der Waals surface area (Å²) in [5.41, 5.74) is 1.64. The lowest BCUT2D eigenvalue weighted by Gasteiger charge is -2.09. The zero-order valence-corrected chi connectivity index (χ0v) is 20.4. The second kappa shape index (κ2) is 9.64. The smallest absolute Gasteiger partial charge is 0.349 e. The summed E-state index contributed by atoms with van der Waals surface area (Å²) in [7, 11) is 1.32. The van der Waals surface area contributed by atoms with Crippen molar-refractivity contribution in [3.05, 3.63) is 74.2 Å². The topological polar surface area (TPSA) is 68.2 Å². The van der Waals surface area contributed by atoms with Crippen LogP contribution in [0.15, 0.2) is 48.7 Å². The molecule has 2 N–H and O–H groups in total. The second-order valence-electron chi connectivity index (χ2n) is 6.64. The van der Waals surface area contributed by atoms with Gasteiger partial charge in [0.15, 0.2) is 10.9 Å². The van der Waals surface area contributed by atoms with Crippen molar-refractivity contribution in [2.45, 2.75) is 6.54 Å². The van der Waals surface area contributed by atoms with Crippen molar-refractivity contribution in [2.24, 2.45) is 0 Å². The van der Waals surface area contributed by atoms with E-state index in [2.05, 4.69) is 15.7 Å². The summed E-state index contributed by atoms with van der Waals surface area (Å²) in [5.74, 6) is -0.0469. The van der Waals surface area contributed by atoms with Crippen LogP contribution in [0.3, 0.4) is 0 Å². The normalized spacial score (nSPS) is 10.9. The number of thiophene rings is 1. The maximum absolute atomic E-state index is 11.9. The molecular weight excluding hydrogens is 511 g/mol. The molecule has 4 rings (SSSR count). The predicted molar refractivity (Wildman–Crippen MR) is 136 cm³/mol. The van der Waals surface area contributed by atoms with Crippen LogP contribution in [0, 0.1) is 0 Å². The molecule has 11 heteroatoms. The number of thiocarbonyl (C=S) groups is 1. The standard InChI is InChI=1S/C21H15Cl3N4O2S2/c1-30-20(29)18-17(24)13-7-6-12(8-16(13)32-18)25-21(31)26-19-15(23)10-28(27-19)9-11-4-2-3-5-14(11)22/h2-8,10H,9H2,1H3,(H2,25,26,27,31). The lowest BCUT2D eigenvalue weighted by Crippen LogP contribution is -2.19. The van der Waals surface area contributed by atoms with E-state index in [1.165, 1.54) is 18.4 Å². The maximum Gasteiger partial charge on any atom is 0.349 e. The van der Waals surface area contributed by atoms with E-state index >= 15 is 0 Å². The average Bonchev–Trinajstić information content (AvgIpc) is 3.28. The molecule has 0 amide bonds. The Morgan fingerprint density at radius 1 is 1.16 bits per heavy atom. The molecule has 4 aromatic rings.